The number of nitrogens with zero attached hydrogens (tertiary/aromatic N) is 4. The maximum absolute atomic E-state index is 12.2. The van der Waals surface area contributed by atoms with E-state index in [1.54, 1.807) is 42.1 Å². The molecule has 10 nitrogen and oxygen atoms in total. The zero-order chi connectivity index (χ0) is 19.4. The Kier molecular flexibility index (Phi) is 5.59. The maximum Gasteiger partial charge on any atom is 0.402 e. The number of imidazole rings is 1. The van der Waals surface area contributed by atoms with Crippen LogP contribution in [0.3, 0.4) is 0 Å². The Morgan fingerprint density at radius 1 is 1.22 bits per heavy atom. The molecule has 2 aromatic heterocycles. The number of hydrogen-bond donors (Lipinski definition) is 2. The molecule has 1 unspecified atom stereocenters. The summed E-state index contributed by atoms with van der Waals surface area (Å²) in [4.78, 5) is 22.2. The minimum Gasteiger partial charge on any atom is -0.497 e. The molecule has 2 atom stereocenters. The second kappa shape index (κ2) is 7.91. The van der Waals surface area contributed by atoms with Crippen molar-refractivity contribution in [1.29, 1.82) is 0 Å². The fourth-order valence-electron chi connectivity index (χ4n) is 2.41. The third-order valence-corrected chi connectivity index (χ3v) is 4.68. The topological polar surface area (TPSA) is 135 Å². The van der Waals surface area contributed by atoms with Crippen LogP contribution in [0.1, 0.15) is 6.92 Å². The lowest BCUT2D eigenvalue weighted by atomic mass is 10.3. The average Bonchev–Trinajstić information content (AvgIpc) is 3.05. The van der Waals surface area contributed by atoms with Crippen LogP contribution in [0.15, 0.2) is 36.9 Å². The minimum atomic E-state index is -3.97. The molecule has 3 N–H and O–H groups in total. The molecule has 2 heterocycles. The predicted molar refractivity (Wildman–Crippen MR) is 98.6 cm³/mol. The molecule has 27 heavy (non-hydrogen) atoms. The summed E-state index contributed by atoms with van der Waals surface area (Å²) in [6.07, 6.45) is 2.08. The summed E-state index contributed by atoms with van der Waals surface area (Å²) in [5.41, 5.74) is 6.82. The maximum atomic E-state index is 12.2. The Morgan fingerprint density at radius 2 is 1.93 bits per heavy atom. The van der Waals surface area contributed by atoms with Gasteiger partial charge in [0.25, 0.3) is 0 Å². The first-order valence-corrected chi connectivity index (χ1v) is 9.82. The van der Waals surface area contributed by atoms with Crippen molar-refractivity contribution >= 4 is 24.6 Å². The zero-order valence-corrected chi connectivity index (χ0v) is 15.7. The van der Waals surface area contributed by atoms with Crippen LogP contribution in [0.2, 0.25) is 0 Å². The molecule has 0 saturated carbocycles. The second-order valence-electron chi connectivity index (χ2n) is 5.84. The van der Waals surface area contributed by atoms with Gasteiger partial charge in [-0.3, -0.25) is 0 Å². The van der Waals surface area contributed by atoms with Gasteiger partial charge in [-0.1, -0.05) is 0 Å². The van der Waals surface area contributed by atoms with Crippen LogP contribution >= 0.6 is 7.60 Å². The molecule has 0 bridgehead atoms. The van der Waals surface area contributed by atoms with Gasteiger partial charge in [0.15, 0.2) is 17.8 Å². The third-order valence-electron chi connectivity index (χ3n) is 3.71. The van der Waals surface area contributed by atoms with Crippen molar-refractivity contribution in [2.45, 2.75) is 19.6 Å². The van der Waals surface area contributed by atoms with Gasteiger partial charge in [-0.2, -0.15) is 0 Å². The molecule has 3 aromatic rings. The first-order chi connectivity index (χ1) is 12.9. The van der Waals surface area contributed by atoms with Gasteiger partial charge in [0, 0.05) is 0 Å². The molecule has 3 rings (SSSR count). The highest BCUT2D eigenvalue weighted by atomic mass is 31.2. The molecular formula is C16H20N5O5P. The highest BCUT2D eigenvalue weighted by Crippen LogP contribution is 2.43. The Morgan fingerprint density at radius 3 is 2.63 bits per heavy atom. The summed E-state index contributed by atoms with van der Waals surface area (Å²) < 4.78 is 29.6. The lowest BCUT2D eigenvalue weighted by Crippen LogP contribution is -2.18. The van der Waals surface area contributed by atoms with Gasteiger partial charge in [-0.05, 0) is 31.2 Å². The van der Waals surface area contributed by atoms with Gasteiger partial charge >= 0.3 is 7.60 Å². The molecule has 0 saturated heterocycles. The quantitative estimate of drug-likeness (QED) is 0.551. The number of methoxy groups -OCH3 is 1. The lowest BCUT2D eigenvalue weighted by molar-refractivity contribution is 0.0772. The van der Waals surface area contributed by atoms with E-state index in [0.29, 0.717) is 29.3 Å². The number of ether oxygens (including phenoxy) is 2. The van der Waals surface area contributed by atoms with E-state index < -0.39 is 20.0 Å². The monoisotopic (exact) mass is 393 g/mol. The van der Waals surface area contributed by atoms with E-state index in [0.717, 1.165) is 0 Å². The van der Waals surface area contributed by atoms with Crippen molar-refractivity contribution in [3.8, 4) is 11.5 Å². The molecule has 0 fully saturated rings. The molecule has 0 aliphatic heterocycles. The highest BCUT2D eigenvalue weighted by Gasteiger charge is 2.23. The molecular weight excluding hydrogens is 373 g/mol. The number of benzene rings is 1. The summed E-state index contributed by atoms with van der Waals surface area (Å²) in [7, 11) is -2.44. The van der Waals surface area contributed by atoms with Crippen LogP contribution in [0.5, 0.6) is 11.5 Å². The average molecular weight is 393 g/mol. The fourth-order valence-corrected chi connectivity index (χ4v) is 3.36. The van der Waals surface area contributed by atoms with Crippen molar-refractivity contribution in [1.82, 2.24) is 19.5 Å². The fraction of sp³-hybridized carbons (Fsp3) is 0.312. The summed E-state index contributed by atoms with van der Waals surface area (Å²) >= 11 is 0. The number of nitrogen functional groups attached to an aromatic ring is 1. The van der Waals surface area contributed by atoms with Crippen LogP contribution in [0.4, 0.5) is 5.82 Å². The molecule has 0 spiro atoms. The summed E-state index contributed by atoms with van der Waals surface area (Å²) in [5.74, 6) is 1.17. The first-order valence-electron chi connectivity index (χ1n) is 8.06. The van der Waals surface area contributed by atoms with Gasteiger partial charge in [-0.15, -0.1) is 0 Å². The largest absolute Gasteiger partial charge is 0.497 e. The SMILES string of the molecule is COc1ccc(OP(=O)(O)CO[C@H](C)Cn2cnc3c(N)ncnc32)cc1. The van der Waals surface area contributed by atoms with Crippen molar-refractivity contribution in [2.75, 3.05) is 19.2 Å². The molecule has 0 aliphatic rings. The molecule has 0 amide bonds. The Balaban J connectivity index is 1.57. The van der Waals surface area contributed by atoms with Crippen LogP contribution in [-0.2, 0) is 15.8 Å². The lowest BCUT2D eigenvalue weighted by Gasteiger charge is -2.18. The molecule has 144 valence electrons. The molecule has 0 radical (unpaired) electrons. The van der Waals surface area contributed by atoms with E-state index in [1.165, 1.54) is 13.4 Å². The van der Waals surface area contributed by atoms with Crippen LogP contribution in [0.25, 0.3) is 11.2 Å². The van der Waals surface area contributed by atoms with Crippen molar-refractivity contribution in [3.63, 3.8) is 0 Å². The number of nitrogens with two attached hydrogens (primary N) is 1. The highest BCUT2D eigenvalue weighted by molar-refractivity contribution is 7.53. The van der Waals surface area contributed by atoms with E-state index in [2.05, 4.69) is 15.0 Å². The summed E-state index contributed by atoms with van der Waals surface area (Å²) in [6, 6.07) is 6.37. The van der Waals surface area contributed by atoms with Crippen molar-refractivity contribution in [3.05, 3.63) is 36.9 Å². The summed E-state index contributed by atoms with van der Waals surface area (Å²) in [5, 5.41) is 0. The number of hydrogen-bond acceptors (Lipinski definition) is 8. The van der Waals surface area contributed by atoms with Gasteiger partial charge in [-0.25, -0.2) is 19.5 Å². The number of fused-ring (bicyclic) bond motifs is 1. The molecule has 0 aliphatic carbocycles. The summed E-state index contributed by atoms with van der Waals surface area (Å²) in [6.45, 7) is 2.14. The van der Waals surface area contributed by atoms with Crippen molar-refractivity contribution < 1.29 is 23.5 Å². The third kappa shape index (κ3) is 4.73. The van der Waals surface area contributed by atoms with Crippen LogP contribution < -0.4 is 15.0 Å². The van der Waals surface area contributed by atoms with Crippen molar-refractivity contribution in [2.24, 2.45) is 0 Å². The number of rotatable bonds is 8. The number of aromatic nitrogens is 4. The van der Waals surface area contributed by atoms with E-state index in [1.807, 2.05) is 0 Å². The van der Waals surface area contributed by atoms with Crippen LogP contribution in [-0.4, -0.2) is 44.0 Å². The predicted octanol–water partition coefficient (Wildman–Crippen LogP) is 2.04. The van der Waals surface area contributed by atoms with E-state index in [-0.39, 0.29) is 5.75 Å². The van der Waals surface area contributed by atoms with Gasteiger partial charge < -0.3 is 29.2 Å². The van der Waals surface area contributed by atoms with Gasteiger partial charge in [0.2, 0.25) is 0 Å². The first kappa shape index (κ1) is 19.1. The molecule has 11 heteroatoms. The smallest absolute Gasteiger partial charge is 0.402 e. The van der Waals surface area contributed by atoms with Crippen LogP contribution in [0, 0.1) is 0 Å². The Bertz CT molecular complexity index is 961. The van der Waals surface area contributed by atoms with Gasteiger partial charge in [0.05, 0.1) is 26.1 Å². The van der Waals surface area contributed by atoms with E-state index in [9.17, 15) is 9.46 Å². The number of anilines is 1. The van der Waals surface area contributed by atoms with E-state index in [4.69, 9.17) is 19.7 Å². The van der Waals surface area contributed by atoms with E-state index >= 15 is 0 Å². The Hall–Kier alpha value is -2.68. The van der Waals surface area contributed by atoms with Gasteiger partial charge in [0.1, 0.15) is 23.3 Å². The standard InChI is InChI=1S/C16H20N5O5P/c1-11(7-21-9-20-14-15(17)18-8-19-16(14)21)25-10-27(22,23)26-13-5-3-12(24-2)4-6-13/h3-6,8-9,11H,7,10H2,1-2H3,(H,22,23)(H2,17,18,19)/t11-/m1/s1. The zero-order valence-electron chi connectivity index (χ0n) is 14.8. The molecule has 1 aromatic carbocycles. The minimum absolute atomic E-state index is 0.255. The normalized spacial score (nSPS) is 14.6. The Labute approximate surface area is 155 Å². The second-order valence-corrected chi connectivity index (χ2v) is 7.55.